The van der Waals surface area contributed by atoms with Crippen LogP contribution in [0.15, 0.2) is 18.2 Å². The summed E-state index contributed by atoms with van der Waals surface area (Å²) < 4.78 is 0. The zero-order valence-corrected chi connectivity index (χ0v) is 10.4. The molecule has 0 saturated heterocycles. The Kier molecular flexibility index (Phi) is 3.49. The third kappa shape index (κ3) is 2.99. The van der Waals surface area contributed by atoms with Gasteiger partial charge in [0.15, 0.2) is 0 Å². The van der Waals surface area contributed by atoms with Crippen LogP contribution in [0.2, 0.25) is 0 Å². The maximum absolute atomic E-state index is 5.93. The number of nitrogen functional groups attached to an aromatic ring is 1. The van der Waals surface area contributed by atoms with Crippen LogP contribution in [-0.4, -0.2) is 18.0 Å². The van der Waals surface area contributed by atoms with E-state index in [1.54, 1.807) is 0 Å². The second-order valence-corrected chi connectivity index (χ2v) is 4.96. The minimum Gasteiger partial charge on any atom is -0.399 e. The van der Waals surface area contributed by atoms with Gasteiger partial charge >= 0.3 is 0 Å². The molecule has 2 nitrogen and oxygen atoms in total. The molecular weight excluding hydrogens is 196 g/mol. The maximum Gasteiger partial charge on any atom is 0.0346 e. The van der Waals surface area contributed by atoms with Crippen molar-refractivity contribution in [2.45, 2.75) is 33.2 Å². The highest BCUT2D eigenvalue weighted by Gasteiger charge is 2.23. The number of hydrogen-bond acceptors (Lipinski definition) is 2. The predicted octanol–water partition coefficient (Wildman–Crippen LogP) is 2.81. The largest absolute Gasteiger partial charge is 0.399 e. The van der Waals surface area contributed by atoms with Gasteiger partial charge in [-0.25, -0.2) is 0 Å². The van der Waals surface area contributed by atoms with E-state index in [1.807, 2.05) is 0 Å². The van der Waals surface area contributed by atoms with Gasteiger partial charge in [0.05, 0.1) is 0 Å². The molecule has 2 N–H and O–H groups in total. The van der Waals surface area contributed by atoms with Crippen LogP contribution in [0.3, 0.4) is 0 Å². The number of hydrogen-bond donors (Lipinski definition) is 1. The van der Waals surface area contributed by atoms with Gasteiger partial charge in [-0.1, -0.05) is 19.1 Å². The summed E-state index contributed by atoms with van der Waals surface area (Å²) in [4.78, 5) is 2.52. The Balaban J connectivity index is 1.97. The van der Waals surface area contributed by atoms with Crippen LogP contribution in [0.25, 0.3) is 0 Å². The van der Waals surface area contributed by atoms with Gasteiger partial charge in [0, 0.05) is 18.8 Å². The highest BCUT2D eigenvalue weighted by molar-refractivity contribution is 5.48. The van der Waals surface area contributed by atoms with Crippen molar-refractivity contribution in [3.05, 3.63) is 29.3 Å². The van der Waals surface area contributed by atoms with Crippen LogP contribution in [0, 0.1) is 12.8 Å². The monoisotopic (exact) mass is 218 g/mol. The first-order valence-electron chi connectivity index (χ1n) is 6.26. The smallest absolute Gasteiger partial charge is 0.0346 e. The van der Waals surface area contributed by atoms with E-state index in [-0.39, 0.29) is 0 Å². The Labute approximate surface area is 98.4 Å². The Bertz CT molecular complexity index is 356. The summed E-state index contributed by atoms with van der Waals surface area (Å²) in [5.41, 5.74) is 9.36. The molecule has 1 aromatic carbocycles. The van der Waals surface area contributed by atoms with E-state index in [0.717, 1.165) is 24.7 Å². The van der Waals surface area contributed by atoms with E-state index in [1.165, 1.54) is 30.5 Å². The van der Waals surface area contributed by atoms with Gasteiger partial charge in [0.25, 0.3) is 0 Å². The summed E-state index contributed by atoms with van der Waals surface area (Å²) in [5, 5.41) is 0. The molecule has 1 saturated carbocycles. The third-order valence-electron chi connectivity index (χ3n) is 3.41. The van der Waals surface area contributed by atoms with Gasteiger partial charge in [-0.2, -0.15) is 0 Å². The van der Waals surface area contributed by atoms with Crippen LogP contribution in [0.5, 0.6) is 0 Å². The van der Waals surface area contributed by atoms with Crippen LogP contribution in [0.1, 0.15) is 30.9 Å². The fraction of sp³-hybridized carbons (Fsp3) is 0.571. The second-order valence-electron chi connectivity index (χ2n) is 4.96. The summed E-state index contributed by atoms with van der Waals surface area (Å²) in [6, 6.07) is 6.43. The quantitative estimate of drug-likeness (QED) is 0.770. The molecule has 0 aromatic heterocycles. The van der Waals surface area contributed by atoms with Crippen molar-refractivity contribution in [2.75, 3.05) is 18.8 Å². The van der Waals surface area contributed by atoms with E-state index in [4.69, 9.17) is 5.73 Å². The fourth-order valence-electron chi connectivity index (χ4n) is 2.02. The highest BCUT2D eigenvalue weighted by Crippen LogP contribution is 2.30. The van der Waals surface area contributed by atoms with Gasteiger partial charge in [-0.15, -0.1) is 0 Å². The number of anilines is 1. The molecule has 2 heteroatoms. The molecule has 0 atom stereocenters. The fourth-order valence-corrected chi connectivity index (χ4v) is 2.02. The van der Waals surface area contributed by atoms with Crippen LogP contribution < -0.4 is 5.73 Å². The van der Waals surface area contributed by atoms with Crippen molar-refractivity contribution >= 4 is 5.69 Å². The molecule has 0 heterocycles. The zero-order valence-electron chi connectivity index (χ0n) is 10.4. The number of rotatable bonds is 5. The maximum atomic E-state index is 5.93. The van der Waals surface area contributed by atoms with Gasteiger partial charge in [-0.05, 0) is 49.4 Å². The Morgan fingerprint density at radius 3 is 2.69 bits per heavy atom. The van der Waals surface area contributed by atoms with Gasteiger partial charge in [0.1, 0.15) is 0 Å². The molecule has 0 radical (unpaired) electrons. The first kappa shape index (κ1) is 11.5. The van der Waals surface area contributed by atoms with Crippen LogP contribution in [-0.2, 0) is 6.54 Å². The average Bonchev–Trinajstić information content (AvgIpc) is 3.06. The van der Waals surface area contributed by atoms with Gasteiger partial charge in [0.2, 0.25) is 0 Å². The van der Waals surface area contributed by atoms with Gasteiger partial charge in [-0.3, -0.25) is 4.90 Å². The molecule has 0 amide bonds. The Morgan fingerprint density at radius 2 is 2.12 bits per heavy atom. The zero-order chi connectivity index (χ0) is 11.5. The minimum atomic E-state index is 0.917. The lowest BCUT2D eigenvalue weighted by Crippen LogP contribution is -2.25. The van der Waals surface area contributed by atoms with Gasteiger partial charge < -0.3 is 5.73 Å². The number of aryl methyl sites for hydroxylation is 1. The minimum absolute atomic E-state index is 0.917. The van der Waals surface area contributed by atoms with Crippen molar-refractivity contribution in [3.8, 4) is 0 Å². The lowest BCUT2D eigenvalue weighted by atomic mass is 10.1. The van der Waals surface area contributed by atoms with E-state index >= 15 is 0 Å². The molecule has 2 rings (SSSR count). The molecular formula is C14H22N2. The van der Waals surface area contributed by atoms with E-state index in [0.29, 0.717) is 0 Å². The molecule has 0 bridgehead atoms. The summed E-state index contributed by atoms with van der Waals surface area (Å²) in [7, 11) is 0. The van der Waals surface area contributed by atoms with Crippen molar-refractivity contribution < 1.29 is 0 Å². The molecule has 88 valence electrons. The van der Waals surface area contributed by atoms with E-state index < -0.39 is 0 Å². The van der Waals surface area contributed by atoms with E-state index in [9.17, 15) is 0 Å². The SMILES string of the molecule is CCN(Cc1ccc(C)c(N)c1)CC1CC1. The Morgan fingerprint density at radius 1 is 1.38 bits per heavy atom. The predicted molar refractivity (Wildman–Crippen MR) is 69.3 cm³/mol. The molecule has 1 fully saturated rings. The number of nitrogens with two attached hydrogens (primary N) is 1. The molecule has 0 spiro atoms. The molecule has 0 aliphatic heterocycles. The van der Waals surface area contributed by atoms with Crippen molar-refractivity contribution in [1.82, 2.24) is 4.90 Å². The molecule has 1 aliphatic carbocycles. The van der Waals surface area contributed by atoms with Crippen LogP contribution >= 0.6 is 0 Å². The highest BCUT2D eigenvalue weighted by atomic mass is 15.1. The first-order valence-corrected chi connectivity index (χ1v) is 6.26. The summed E-state index contributed by atoms with van der Waals surface area (Å²) in [6.45, 7) is 7.72. The number of benzene rings is 1. The third-order valence-corrected chi connectivity index (χ3v) is 3.41. The molecule has 0 unspecified atom stereocenters. The molecule has 16 heavy (non-hydrogen) atoms. The molecule has 1 aliphatic rings. The summed E-state index contributed by atoms with van der Waals surface area (Å²) in [5.74, 6) is 0.961. The Hall–Kier alpha value is -1.02. The lowest BCUT2D eigenvalue weighted by Gasteiger charge is -2.20. The van der Waals surface area contributed by atoms with E-state index in [2.05, 4.69) is 36.9 Å². The van der Waals surface area contributed by atoms with Crippen molar-refractivity contribution in [1.29, 1.82) is 0 Å². The standard InChI is InChI=1S/C14H22N2/c1-3-16(9-12-6-7-12)10-13-5-4-11(2)14(15)8-13/h4-5,8,12H,3,6-7,9-10,15H2,1-2H3. The summed E-state index contributed by atoms with van der Waals surface area (Å²) >= 11 is 0. The lowest BCUT2D eigenvalue weighted by molar-refractivity contribution is 0.268. The number of nitrogens with zero attached hydrogens (tertiary/aromatic N) is 1. The second kappa shape index (κ2) is 4.88. The first-order chi connectivity index (χ1) is 7.69. The molecule has 1 aromatic rings. The normalized spacial score (nSPS) is 15.7. The summed E-state index contributed by atoms with van der Waals surface area (Å²) in [6.07, 6.45) is 2.85. The average molecular weight is 218 g/mol. The van der Waals surface area contributed by atoms with Crippen LogP contribution in [0.4, 0.5) is 5.69 Å². The van der Waals surface area contributed by atoms with Crippen molar-refractivity contribution in [3.63, 3.8) is 0 Å². The topological polar surface area (TPSA) is 29.3 Å². The van der Waals surface area contributed by atoms with Crippen molar-refractivity contribution in [2.24, 2.45) is 5.92 Å².